The zero-order valence-corrected chi connectivity index (χ0v) is 12.8. The third-order valence-electron chi connectivity index (χ3n) is 3.56. The Morgan fingerprint density at radius 2 is 2.00 bits per heavy atom. The molecule has 0 spiro atoms. The summed E-state index contributed by atoms with van der Waals surface area (Å²) >= 11 is 0. The lowest BCUT2D eigenvalue weighted by atomic mass is 9.90. The van der Waals surface area contributed by atoms with Crippen molar-refractivity contribution in [3.8, 4) is 11.5 Å². The van der Waals surface area contributed by atoms with Gasteiger partial charge in [-0.15, -0.1) is 0 Å². The molecule has 0 aromatic heterocycles. The summed E-state index contributed by atoms with van der Waals surface area (Å²) in [6.45, 7) is 2.93. The van der Waals surface area contributed by atoms with E-state index < -0.39 is 6.10 Å². The first kappa shape index (κ1) is 15.8. The predicted octanol–water partition coefficient (Wildman–Crippen LogP) is 2.01. The quantitative estimate of drug-likeness (QED) is 0.687. The lowest BCUT2D eigenvalue weighted by Gasteiger charge is -2.34. The van der Waals surface area contributed by atoms with E-state index in [0.29, 0.717) is 31.1 Å². The van der Waals surface area contributed by atoms with Crippen LogP contribution in [0.5, 0.6) is 11.5 Å². The first-order chi connectivity index (χ1) is 10.2. The molecule has 0 amide bonds. The largest absolute Gasteiger partial charge is 0.493 e. The number of Topliss-reactive ketones (excluding diaryl/α,β-unsaturated/α-hetero) is 1. The van der Waals surface area contributed by atoms with Crippen LogP contribution in [-0.4, -0.2) is 45.4 Å². The van der Waals surface area contributed by atoms with E-state index in [9.17, 15) is 4.79 Å². The zero-order valence-electron chi connectivity index (χ0n) is 12.8. The van der Waals surface area contributed by atoms with E-state index in [-0.39, 0.29) is 11.9 Å². The highest BCUT2D eigenvalue weighted by Gasteiger charge is 2.43. The van der Waals surface area contributed by atoms with Gasteiger partial charge in [0.05, 0.1) is 20.3 Å². The van der Waals surface area contributed by atoms with Gasteiger partial charge >= 0.3 is 0 Å². The summed E-state index contributed by atoms with van der Waals surface area (Å²) in [6.07, 6.45) is 0.545. The molecule has 2 atom stereocenters. The second-order valence-corrected chi connectivity index (χ2v) is 4.95. The van der Waals surface area contributed by atoms with Crippen LogP contribution in [0.2, 0.25) is 0 Å². The monoisotopic (exact) mass is 294 g/mol. The van der Waals surface area contributed by atoms with Crippen molar-refractivity contribution in [1.29, 1.82) is 0 Å². The van der Waals surface area contributed by atoms with Crippen LogP contribution >= 0.6 is 0 Å². The summed E-state index contributed by atoms with van der Waals surface area (Å²) in [6, 6.07) is 5.84. The number of hydrogen-bond acceptors (Lipinski definition) is 5. The van der Waals surface area contributed by atoms with Gasteiger partial charge in [0, 0.05) is 13.5 Å². The summed E-state index contributed by atoms with van der Waals surface area (Å²) in [4.78, 5) is 11.6. The van der Waals surface area contributed by atoms with Crippen LogP contribution in [0.15, 0.2) is 18.2 Å². The first-order valence-corrected chi connectivity index (χ1v) is 7.16. The van der Waals surface area contributed by atoms with E-state index in [0.717, 1.165) is 6.42 Å². The van der Waals surface area contributed by atoms with Crippen LogP contribution in [0.25, 0.3) is 0 Å². The molecule has 1 fully saturated rings. The molecule has 1 saturated carbocycles. The molecule has 1 aliphatic carbocycles. The van der Waals surface area contributed by atoms with Gasteiger partial charge < -0.3 is 18.9 Å². The summed E-state index contributed by atoms with van der Waals surface area (Å²) in [5, 5.41) is 0. The number of ketones is 1. The fraction of sp³-hybridized carbons (Fsp3) is 0.562. The van der Waals surface area contributed by atoms with Crippen molar-refractivity contribution in [2.75, 3.05) is 27.4 Å². The molecule has 2 unspecified atom stereocenters. The van der Waals surface area contributed by atoms with Crippen molar-refractivity contribution in [3.05, 3.63) is 23.8 Å². The van der Waals surface area contributed by atoms with Gasteiger partial charge in [-0.25, -0.2) is 0 Å². The van der Waals surface area contributed by atoms with Crippen molar-refractivity contribution in [1.82, 2.24) is 0 Å². The Morgan fingerprint density at radius 1 is 1.19 bits per heavy atom. The number of ether oxygens (including phenoxy) is 4. The van der Waals surface area contributed by atoms with Crippen molar-refractivity contribution in [2.45, 2.75) is 32.0 Å². The molecular weight excluding hydrogens is 272 g/mol. The fourth-order valence-electron chi connectivity index (χ4n) is 2.22. The van der Waals surface area contributed by atoms with E-state index in [2.05, 4.69) is 6.92 Å². The van der Waals surface area contributed by atoms with Crippen LogP contribution < -0.4 is 9.47 Å². The average Bonchev–Trinajstić information content (AvgIpc) is 2.51. The topological polar surface area (TPSA) is 54.0 Å². The Morgan fingerprint density at radius 3 is 2.62 bits per heavy atom. The molecule has 21 heavy (non-hydrogen) atoms. The number of benzene rings is 1. The number of hydrogen-bond donors (Lipinski definition) is 0. The van der Waals surface area contributed by atoms with Crippen molar-refractivity contribution in [3.63, 3.8) is 0 Å². The predicted molar refractivity (Wildman–Crippen MR) is 78.0 cm³/mol. The highest BCUT2D eigenvalue weighted by atomic mass is 16.6. The highest BCUT2D eigenvalue weighted by molar-refractivity contribution is 5.90. The van der Waals surface area contributed by atoms with Crippen LogP contribution in [0, 0.1) is 0 Å². The maximum Gasteiger partial charge on any atom is 0.169 e. The lowest BCUT2D eigenvalue weighted by Crippen LogP contribution is -2.52. The third kappa shape index (κ3) is 3.74. The van der Waals surface area contributed by atoms with Crippen LogP contribution in [0.4, 0.5) is 0 Å². The molecule has 116 valence electrons. The van der Waals surface area contributed by atoms with Crippen LogP contribution in [-0.2, 0) is 20.7 Å². The smallest absolute Gasteiger partial charge is 0.169 e. The maximum atomic E-state index is 11.6. The van der Waals surface area contributed by atoms with Crippen LogP contribution in [0.1, 0.15) is 18.9 Å². The fourth-order valence-corrected chi connectivity index (χ4v) is 2.22. The van der Waals surface area contributed by atoms with Gasteiger partial charge in [0.2, 0.25) is 0 Å². The van der Waals surface area contributed by atoms with E-state index in [1.54, 1.807) is 14.2 Å². The lowest BCUT2D eigenvalue weighted by molar-refractivity contribution is -0.156. The Hall–Kier alpha value is -1.59. The van der Waals surface area contributed by atoms with E-state index in [4.69, 9.17) is 18.9 Å². The number of methoxy groups -OCH3 is 2. The molecule has 0 N–H and O–H groups in total. The molecule has 0 radical (unpaired) electrons. The van der Waals surface area contributed by atoms with Gasteiger partial charge in [-0.05, 0) is 24.1 Å². The van der Waals surface area contributed by atoms with E-state index in [1.165, 1.54) is 5.56 Å². The minimum Gasteiger partial charge on any atom is -0.493 e. The standard InChI is InChI=1S/C16H22O5/c1-4-11-5-6-13(14(9-11)19-3)21-15-10-12(17)16(15)20-8-7-18-2/h5-6,9,15-16H,4,7-8,10H2,1-3H3. The summed E-state index contributed by atoms with van der Waals surface area (Å²) in [5.41, 5.74) is 1.18. The van der Waals surface area contributed by atoms with Crippen molar-refractivity contribution < 1.29 is 23.7 Å². The maximum absolute atomic E-state index is 11.6. The van der Waals surface area contributed by atoms with Gasteiger partial charge in [0.25, 0.3) is 0 Å². The first-order valence-electron chi connectivity index (χ1n) is 7.16. The Balaban J connectivity index is 1.99. The molecule has 0 heterocycles. The SMILES string of the molecule is CCc1ccc(OC2CC(=O)C2OCCOC)c(OC)c1. The molecule has 1 aliphatic rings. The number of rotatable bonds is 8. The van der Waals surface area contributed by atoms with Gasteiger partial charge in [-0.1, -0.05) is 13.0 Å². The zero-order chi connectivity index (χ0) is 15.2. The normalized spacial score (nSPS) is 21.0. The number of aryl methyl sites for hydroxylation is 1. The number of carbonyl (C=O) groups excluding carboxylic acids is 1. The summed E-state index contributed by atoms with van der Waals surface area (Å²) < 4.78 is 21.6. The van der Waals surface area contributed by atoms with Gasteiger partial charge in [0.1, 0.15) is 6.10 Å². The van der Waals surface area contributed by atoms with E-state index in [1.807, 2.05) is 18.2 Å². The Labute approximate surface area is 125 Å². The second kappa shape index (κ2) is 7.43. The molecule has 1 aromatic carbocycles. The van der Waals surface area contributed by atoms with Gasteiger partial charge in [0.15, 0.2) is 23.4 Å². The number of carbonyl (C=O) groups is 1. The van der Waals surface area contributed by atoms with Crippen molar-refractivity contribution in [2.24, 2.45) is 0 Å². The minimum absolute atomic E-state index is 0.0697. The van der Waals surface area contributed by atoms with E-state index >= 15 is 0 Å². The van der Waals surface area contributed by atoms with Crippen LogP contribution in [0.3, 0.4) is 0 Å². The molecular formula is C16H22O5. The molecule has 0 saturated heterocycles. The summed E-state index contributed by atoms with van der Waals surface area (Å²) in [7, 11) is 3.21. The molecule has 5 heteroatoms. The third-order valence-corrected chi connectivity index (χ3v) is 3.56. The minimum atomic E-state index is -0.504. The highest BCUT2D eigenvalue weighted by Crippen LogP contribution is 2.33. The van der Waals surface area contributed by atoms with Gasteiger partial charge in [-0.3, -0.25) is 4.79 Å². The van der Waals surface area contributed by atoms with Gasteiger partial charge in [-0.2, -0.15) is 0 Å². The summed E-state index contributed by atoms with van der Waals surface area (Å²) in [5.74, 6) is 1.40. The molecule has 0 bridgehead atoms. The molecule has 2 rings (SSSR count). The average molecular weight is 294 g/mol. The molecule has 5 nitrogen and oxygen atoms in total. The molecule has 1 aromatic rings. The molecule has 0 aliphatic heterocycles. The second-order valence-electron chi connectivity index (χ2n) is 4.95. The Kier molecular flexibility index (Phi) is 5.59. The van der Waals surface area contributed by atoms with Crippen molar-refractivity contribution >= 4 is 5.78 Å². The Bertz CT molecular complexity index is 486.